The molecule has 15 heavy (non-hydrogen) atoms. The Balaban J connectivity index is 1.91. The van der Waals surface area contributed by atoms with Crippen molar-refractivity contribution in [3.63, 3.8) is 0 Å². The Morgan fingerprint density at radius 2 is 1.87 bits per heavy atom. The van der Waals surface area contributed by atoms with Gasteiger partial charge in [0.25, 0.3) is 0 Å². The van der Waals surface area contributed by atoms with E-state index in [-0.39, 0.29) is 0 Å². The van der Waals surface area contributed by atoms with Crippen molar-refractivity contribution < 1.29 is 4.74 Å². The largest absolute Gasteiger partial charge is 0.382 e. The lowest BCUT2D eigenvalue weighted by Crippen LogP contribution is -2.27. The van der Waals surface area contributed by atoms with Crippen LogP contribution in [0.3, 0.4) is 0 Å². The highest BCUT2D eigenvalue weighted by molar-refractivity contribution is 5.45. The smallest absolute Gasteiger partial charge is 0.0485 e. The van der Waals surface area contributed by atoms with E-state index < -0.39 is 0 Å². The Labute approximate surface area is 90.6 Å². The van der Waals surface area contributed by atoms with Crippen molar-refractivity contribution in [1.29, 1.82) is 0 Å². The summed E-state index contributed by atoms with van der Waals surface area (Å²) in [6.45, 7) is 2.36. The number of hydrogen-bond acceptors (Lipinski definition) is 3. The zero-order valence-electron chi connectivity index (χ0n) is 8.91. The van der Waals surface area contributed by atoms with Crippen molar-refractivity contribution in [2.45, 2.75) is 25.4 Å². The lowest BCUT2D eigenvalue weighted by molar-refractivity contribution is 0.0904. The van der Waals surface area contributed by atoms with Gasteiger partial charge in [-0.25, -0.2) is 0 Å². The highest BCUT2D eigenvalue weighted by Crippen LogP contribution is 2.15. The fraction of sp³-hybridized carbons (Fsp3) is 0.500. The van der Waals surface area contributed by atoms with E-state index in [1.54, 1.807) is 0 Å². The molecule has 1 aliphatic heterocycles. The minimum Gasteiger partial charge on any atom is -0.382 e. The first kappa shape index (κ1) is 10.5. The number of nitrogens with one attached hydrogen (secondary N) is 1. The van der Waals surface area contributed by atoms with Gasteiger partial charge in [0.05, 0.1) is 0 Å². The molecule has 1 fully saturated rings. The van der Waals surface area contributed by atoms with Crippen LogP contribution in [0.5, 0.6) is 0 Å². The first-order valence-corrected chi connectivity index (χ1v) is 5.52. The van der Waals surface area contributed by atoms with Crippen LogP contribution in [0.25, 0.3) is 0 Å². The maximum absolute atomic E-state index is 5.55. The molecular formula is C12H18N2O. The van der Waals surface area contributed by atoms with Gasteiger partial charge in [0.2, 0.25) is 0 Å². The van der Waals surface area contributed by atoms with Gasteiger partial charge in [-0.05, 0) is 30.5 Å². The van der Waals surface area contributed by atoms with Gasteiger partial charge >= 0.3 is 0 Å². The zero-order valence-corrected chi connectivity index (χ0v) is 8.91. The van der Waals surface area contributed by atoms with E-state index in [0.717, 1.165) is 26.1 Å². The summed E-state index contributed by atoms with van der Waals surface area (Å²) in [6, 6.07) is 8.89. The molecule has 1 aromatic rings. The second-order valence-electron chi connectivity index (χ2n) is 3.93. The van der Waals surface area contributed by atoms with Crippen molar-refractivity contribution >= 4 is 5.69 Å². The van der Waals surface area contributed by atoms with E-state index in [4.69, 9.17) is 10.5 Å². The molecular weight excluding hydrogens is 188 g/mol. The van der Waals surface area contributed by atoms with Crippen LogP contribution in [-0.2, 0) is 11.3 Å². The van der Waals surface area contributed by atoms with Crippen molar-refractivity contribution in [3.8, 4) is 0 Å². The number of benzene rings is 1. The zero-order chi connectivity index (χ0) is 10.5. The Morgan fingerprint density at radius 1 is 1.20 bits per heavy atom. The summed E-state index contributed by atoms with van der Waals surface area (Å²) in [5, 5.41) is 3.51. The van der Waals surface area contributed by atoms with Crippen molar-refractivity contribution in [1.82, 2.24) is 0 Å². The van der Waals surface area contributed by atoms with Gasteiger partial charge in [-0.3, -0.25) is 0 Å². The van der Waals surface area contributed by atoms with Crippen LogP contribution in [-0.4, -0.2) is 19.3 Å². The normalized spacial score (nSPS) is 17.7. The van der Waals surface area contributed by atoms with E-state index in [1.807, 2.05) is 0 Å². The lowest BCUT2D eigenvalue weighted by atomic mass is 10.1. The van der Waals surface area contributed by atoms with Crippen molar-refractivity contribution in [2.24, 2.45) is 5.73 Å². The molecule has 3 nitrogen and oxygen atoms in total. The molecule has 1 heterocycles. The van der Waals surface area contributed by atoms with Crippen LogP contribution >= 0.6 is 0 Å². The Hall–Kier alpha value is -1.06. The third-order valence-corrected chi connectivity index (χ3v) is 2.78. The van der Waals surface area contributed by atoms with Gasteiger partial charge in [0.1, 0.15) is 0 Å². The van der Waals surface area contributed by atoms with E-state index in [2.05, 4.69) is 29.6 Å². The highest BCUT2D eigenvalue weighted by Gasteiger charge is 2.12. The summed E-state index contributed by atoms with van der Waals surface area (Å²) in [7, 11) is 0. The molecule has 0 amide bonds. The van der Waals surface area contributed by atoms with Crippen LogP contribution in [0.2, 0.25) is 0 Å². The molecule has 0 saturated carbocycles. The average molecular weight is 206 g/mol. The number of hydrogen-bond donors (Lipinski definition) is 2. The number of rotatable bonds is 3. The van der Waals surface area contributed by atoms with E-state index in [0.29, 0.717) is 12.6 Å². The lowest BCUT2D eigenvalue weighted by Gasteiger charge is -2.24. The topological polar surface area (TPSA) is 47.3 Å². The first-order valence-electron chi connectivity index (χ1n) is 5.52. The van der Waals surface area contributed by atoms with E-state index in [1.165, 1.54) is 11.3 Å². The summed E-state index contributed by atoms with van der Waals surface area (Å²) < 4.78 is 5.32. The Kier molecular flexibility index (Phi) is 3.59. The van der Waals surface area contributed by atoms with Gasteiger partial charge in [-0.15, -0.1) is 0 Å². The fourth-order valence-electron chi connectivity index (χ4n) is 1.81. The third-order valence-electron chi connectivity index (χ3n) is 2.78. The molecule has 2 rings (SSSR count). The monoisotopic (exact) mass is 206 g/mol. The van der Waals surface area contributed by atoms with Gasteiger partial charge in [0, 0.05) is 31.5 Å². The Bertz CT molecular complexity index is 291. The van der Waals surface area contributed by atoms with Crippen molar-refractivity contribution in [2.75, 3.05) is 18.5 Å². The second kappa shape index (κ2) is 5.14. The summed E-state index contributed by atoms with van der Waals surface area (Å²) in [4.78, 5) is 0. The standard InChI is InChI=1S/C12H18N2O/c13-9-10-1-3-11(4-2-10)14-12-5-7-15-8-6-12/h1-4,12,14H,5-9,13H2. The molecule has 1 aliphatic rings. The van der Waals surface area contributed by atoms with E-state index >= 15 is 0 Å². The quantitative estimate of drug-likeness (QED) is 0.792. The predicted octanol–water partition coefficient (Wildman–Crippen LogP) is 1.74. The predicted molar refractivity (Wildman–Crippen MR) is 61.8 cm³/mol. The molecule has 0 spiro atoms. The van der Waals surface area contributed by atoms with Gasteiger partial charge in [-0.1, -0.05) is 12.1 Å². The Morgan fingerprint density at radius 3 is 2.47 bits per heavy atom. The average Bonchev–Trinajstić information content (AvgIpc) is 2.31. The summed E-state index contributed by atoms with van der Waals surface area (Å²) in [5.41, 5.74) is 7.90. The molecule has 3 heteroatoms. The number of anilines is 1. The van der Waals surface area contributed by atoms with Crippen LogP contribution in [0, 0.1) is 0 Å². The van der Waals surface area contributed by atoms with Crippen LogP contribution in [0.1, 0.15) is 18.4 Å². The molecule has 1 saturated heterocycles. The molecule has 0 atom stereocenters. The summed E-state index contributed by atoms with van der Waals surface area (Å²) >= 11 is 0. The van der Waals surface area contributed by atoms with Crippen molar-refractivity contribution in [3.05, 3.63) is 29.8 Å². The van der Waals surface area contributed by atoms with E-state index in [9.17, 15) is 0 Å². The minimum atomic E-state index is 0.558. The summed E-state index contributed by atoms with van der Waals surface area (Å²) in [5.74, 6) is 0. The molecule has 1 aromatic carbocycles. The van der Waals surface area contributed by atoms with Crippen LogP contribution in [0.4, 0.5) is 5.69 Å². The number of nitrogens with two attached hydrogens (primary N) is 1. The molecule has 0 aromatic heterocycles. The highest BCUT2D eigenvalue weighted by atomic mass is 16.5. The SMILES string of the molecule is NCc1ccc(NC2CCOCC2)cc1. The summed E-state index contributed by atoms with van der Waals surface area (Å²) in [6.07, 6.45) is 2.19. The van der Waals surface area contributed by atoms with Gasteiger partial charge < -0.3 is 15.8 Å². The van der Waals surface area contributed by atoms with Gasteiger partial charge in [-0.2, -0.15) is 0 Å². The molecule has 82 valence electrons. The molecule has 0 unspecified atom stereocenters. The molecule has 0 radical (unpaired) electrons. The first-order chi connectivity index (χ1) is 7.38. The minimum absolute atomic E-state index is 0.558. The number of ether oxygens (including phenoxy) is 1. The fourth-order valence-corrected chi connectivity index (χ4v) is 1.81. The van der Waals surface area contributed by atoms with Crippen LogP contribution in [0.15, 0.2) is 24.3 Å². The van der Waals surface area contributed by atoms with Gasteiger partial charge in [0.15, 0.2) is 0 Å². The maximum atomic E-state index is 5.55. The second-order valence-corrected chi connectivity index (χ2v) is 3.93. The van der Waals surface area contributed by atoms with Crippen LogP contribution < -0.4 is 11.1 Å². The molecule has 0 aliphatic carbocycles. The molecule has 3 N–H and O–H groups in total. The molecule has 0 bridgehead atoms. The third kappa shape index (κ3) is 2.94. The maximum Gasteiger partial charge on any atom is 0.0485 e.